The zero-order valence-electron chi connectivity index (χ0n) is 7.92. The van der Waals surface area contributed by atoms with Gasteiger partial charge >= 0.3 is 0 Å². The minimum absolute atomic E-state index is 0.858. The molecule has 2 nitrogen and oxygen atoms in total. The summed E-state index contributed by atoms with van der Waals surface area (Å²) in [6, 6.07) is 0. The van der Waals surface area contributed by atoms with Crippen LogP contribution in [0.3, 0.4) is 0 Å². The molecule has 2 heteroatoms. The largest absolute Gasteiger partial charge is 0.495 e. The van der Waals surface area contributed by atoms with Crippen molar-refractivity contribution in [1.29, 1.82) is 0 Å². The fourth-order valence-electron chi connectivity index (χ4n) is 1.25. The molecule has 0 N–H and O–H groups in total. The zero-order chi connectivity index (χ0) is 9.14. The van der Waals surface area contributed by atoms with E-state index in [2.05, 4.69) is 24.6 Å². The lowest BCUT2D eigenvalue weighted by Crippen LogP contribution is -2.20. The number of likely N-dealkylation sites (N-methyl/N-ethyl adjacent to an activating group) is 1. The summed E-state index contributed by atoms with van der Waals surface area (Å²) < 4.78 is 5.18. The topological polar surface area (TPSA) is 12.5 Å². The third kappa shape index (κ3) is 1.52. The van der Waals surface area contributed by atoms with E-state index in [0.29, 0.717) is 0 Å². The number of rotatable bonds is 2. The summed E-state index contributed by atoms with van der Waals surface area (Å²) >= 11 is 0. The molecule has 0 amide bonds. The first-order valence-corrected chi connectivity index (χ1v) is 4.09. The second-order valence-electron chi connectivity index (χ2n) is 2.82. The maximum absolute atomic E-state index is 5.18. The molecule has 1 heterocycles. The Morgan fingerprint density at radius 2 is 2.25 bits per heavy atom. The van der Waals surface area contributed by atoms with Crippen molar-refractivity contribution in [2.24, 2.45) is 0 Å². The Kier molecular flexibility index (Phi) is 2.58. The number of allylic oxidation sites excluding steroid dienone is 2. The molecule has 0 atom stereocenters. The highest BCUT2D eigenvalue weighted by Gasteiger charge is 2.13. The van der Waals surface area contributed by atoms with Gasteiger partial charge in [-0.15, -0.1) is 0 Å². The predicted octanol–water partition coefficient (Wildman–Crippen LogP) is 2.27. The van der Waals surface area contributed by atoms with Crippen LogP contribution in [-0.2, 0) is 4.74 Å². The van der Waals surface area contributed by atoms with Crippen molar-refractivity contribution in [3.8, 4) is 0 Å². The fourth-order valence-corrected chi connectivity index (χ4v) is 1.25. The highest BCUT2D eigenvalue weighted by atomic mass is 16.5. The molecule has 1 rings (SSSR count). The van der Waals surface area contributed by atoms with Crippen LogP contribution in [0.25, 0.3) is 0 Å². The normalized spacial score (nSPS) is 17.2. The van der Waals surface area contributed by atoms with Crippen molar-refractivity contribution in [2.75, 3.05) is 13.7 Å². The number of nitrogens with zero attached hydrogens (tertiary/aromatic N) is 1. The van der Waals surface area contributed by atoms with E-state index in [4.69, 9.17) is 4.74 Å². The zero-order valence-corrected chi connectivity index (χ0v) is 7.92. The van der Waals surface area contributed by atoms with Gasteiger partial charge in [0.1, 0.15) is 5.76 Å². The van der Waals surface area contributed by atoms with Crippen molar-refractivity contribution in [3.63, 3.8) is 0 Å². The number of hydrogen-bond acceptors (Lipinski definition) is 2. The first kappa shape index (κ1) is 8.91. The Bertz CT molecular complexity index is 251. The average molecular weight is 165 g/mol. The smallest absolute Gasteiger partial charge is 0.142 e. The molecule has 0 fully saturated rings. The van der Waals surface area contributed by atoms with E-state index in [1.54, 1.807) is 7.11 Å². The maximum Gasteiger partial charge on any atom is 0.142 e. The molecule has 0 unspecified atom stereocenters. The summed E-state index contributed by atoms with van der Waals surface area (Å²) in [6.07, 6.45) is 4.07. The van der Waals surface area contributed by atoms with Crippen LogP contribution in [0.1, 0.15) is 13.8 Å². The van der Waals surface area contributed by atoms with Crippen LogP contribution in [0.4, 0.5) is 0 Å². The Morgan fingerprint density at radius 3 is 2.75 bits per heavy atom. The van der Waals surface area contributed by atoms with E-state index in [-0.39, 0.29) is 0 Å². The molecule has 0 aromatic heterocycles. The summed E-state index contributed by atoms with van der Waals surface area (Å²) in [4.78, 5) is 2.08. The molecule has 0 aromatic carbocycles. The molecule has 12 heavy (non-hydrogen) atoms. The van der Waals surface area contributed by atoms with Gasteiger partial charge in [-0.25, -0.2) is 0 Å². The van der Waals surface area contributed by atoms with Crippen molar-refractivity contribution < 1.29 is 4.74 Å². The van der Waals surface area contributed by atoms with Crippen LogP contribution in [0.15, 0.2) is 35.9 Å². The van der Waals surface area contributed by atoms with E-state index < -0.39 is 0 Å². The fraction of sp³-hybridized carbons (Fsp3) is 0.400. The summed E-state index contributed by atoms with van der Waals surface area (Å²) in [5.74, 6) is 0.858. The highest BCUT2D eigenvalue weighted by Crippen LogP contribution is 2.22. The number of methoxy groups -OCH3 is 1. The SMILES string of the molecule is C=C1C(OC)=CC(C)=CN1CC. The van der Waals surface area contributed by atoms with Gasteiger partial charge in [-0.1, -0.05) is 6.58 Å². The van der Waals surface area contributed by atoms with Gasteiger partial charge in [-0.2, -0.15) is 0 Å². The lowest BCUT2D eigenvalue weighted by molar-refractivity contribution is 0.275. The van der Waals surface area contributed by atoms with Gasteiger partial charge in [0, 0.05) is 12.7 Å². The van der Waals surface area contributed by atoms with Gasteiger partial charge in [0.25, 0.3) is 0 Å². The second kappa shape index (κ2) is 3.48. The van der Waals surface area contributed by atoms with Crippen molar-refractivity contribution >= 4 is 0 Å². The van der Waals surface area contributed by atoms with E-state index >= 15 is 0 Å². The molecule has 0 saturated heterocycles. The molecule has 0 saturated carbocycles. The van der Waals surface area contributed by atoms with Crippen LogP contribution < -0.4 is 0 Å². The predicted molar refractivity (Wildman–Crippen MR) is 50.4 cm³/mol. The standard InChI is InChI=1S/C10H15NO/c1-5-11-7-8(2)6-10(12-4)9(11)3/h6-7H,3,5H2,1-2,4H3. The Balaban J connectivity index is 2.91. The van der Waals surface area contributed by atoms with Crippen molar-refractivity contribution in [2.45, 2.75) is 13.8 Å². The van der Waals surface area contributed by atoms with Gasteiger partial charge in [0.05, 0.1) is 12.8 Å². The van der Waals surface area contributed by atoms with E-state index in [9.17, 15) is 0 Å². The number of ether oxygens (including phenoxy) is 1. The molecule has 0 aromatic rings. The molecular weight excluding hydrogens is 150 g/mol. The Morgan fingerprint density at radius 1 is 1.58 bits per heavy atom. The Hall–Kier alpha value is -1.18. The van der Waals surface area contributed by atoms with Crippen LogP contribution in [0, 0.1) is 0 Å². The third-order valence-electron chi connectivity index (χ3n) is 1.91. The highest BCUT2D eigenvalue weighted by molar-refractivity contribution is 5.36. The molecular formula is C10H15NO. The monoisotopic (exact) mass is 165 g/mol. The van der Waals surface area contributed by atoms with E-state index in [1.165, 1.54) is 5.57 Å². The molecule has 0 bridgehead atoms. The minimum Gasteiger partial charge on any atom is -0.495 e. The lowest BCUT2D eigenvalue weighted by Gasteiger charge is -2.26. The van der Waals surface area contributed by atoms with Crippen molar-refractivity contribution in [3.05, 3.63) is 35.9 Å². The van der Waals surface area contributed by atoms with Gasteiger partial charge < -0.3 is 9.64 Å². The molecule has 0 spiro atoms. The third-order valence-corrected chi connectivity index (χ3v) is 1.91. The van der Waals surface area contributed by atoms with Crippen LogP contribution in [0.2, 0.25) is 0 Å². The van der Waals surface area contributed by atoms with Crippen molar-refractivity contribution in [1.82, 2.24) is 4.90 Å². The van der Waals surface area contributed by atoms with Crippen LogP contribution >= 0.6 is 0 Å². The van der Waals surface area contributed by atoms with E-state index in [1.807, 2.05) is 13.0 Å². The average Bonchev–Trinajstić information content (AvgIpc) is 2.08. The molecule has 1 aliphatic rings. The summed E-state index contributed by atoms with van der Waals surface area (Å²) in [6.45, 7) is 9.01. The second-order valence-corrected chi connectivity index (χ2v) is 2.82. The van der Waals surface area contributed by atoms with Gasteiger partial charge in [0.15, 0.2) is 0 Å². The minimum atomic E-state index is 0.858. The summed E-state index contributed by atoms with van der Waals surface area (Å²) in [5, 5.41) is 0. The molecule has 66 valence electrons. The van der Waals surface area contributed by atoms with Gasteiger partial charge in [-0.3, -0.25) is 0 Å². The van der Waals surface area contributed by atoms with Gasteiger partial charge in [0.2, 0.25) is 0 Å². The van der Waals surface area contributed by atoms with Crippen LogP contribution in [0.5, 0.6) is 0 Å². The molecule has 0 aliphatic carbocycles. The molecule has 0 radical (unpaired) electrons. The van der Waals surface area contributed by atoms with Gasteiger partial charge in [-0.05, 0) is 25.5 Å². The van der Waals surface area contributed by atoms with Crippen LogP contribution in [-0.4, -0.2) is 18.6 Å². The summed E-state index contributed by atoms with van der Waals surface area (Å²) in [7, 11) is 1.67. The summed E-state index contributed by atoms with van der Waals surface area (Å²) in [5.41, 5.74) is 2.13. The first-order valence-electron chi connectivity index (χ1n) is 4.09. The lowest BCUT2D eigenvalue weighted by atomic mass is 10.2. The van der Waals surface area contributed by atoms with E-state index in [0.717, 1.165) is 18.0 Å². The Labute approximate surface area is 73.8 Å². The number of hydrogen-bond donors (Lipinski definition) is 0. The first-order chi connectivity index (χ1) is 5.69. The maximum atomic E-state index is 5.18. The quantitative estimate of drug-likeness (QED) is 0.622. The molecule has 1 aliphatic heterocycles.